The lowest BCUT2D eigenvalue weighted by atomic mass is 9.95. The van der Waals surface area contributed by atoms with Crippen LogP contribution in [-0.2, 0) is 40.0 Å². The zero-order chi connectivity index (χ0) is 20.9. The van der Waals surface area contributed by atoms with Crippen LogP contribution in [0.15, 0.2) is 30.3 Å². The van der Waals surface area contributed by atoms with Gasteiger partial charge in [0, 0.05) is 13.8 Å². The first kappa shape index (κ1) is 20.9. The van der Waals surface area contributed by atoms with Crippen molar-refractivity contribution in [3.05, 3.63) is 35.9 Å². The van der Waals surface area contributed by atoms with E-state index in [4.69, 9.17) is 19.3 Å². The number of ketones is 1. The topological polar surface area (TPSA) is 145 Å². The van der Waals surface area contributed by atoms with E-state index in [0.29, 0.717) is 5.56 Å². The standard InChI is InChI=1S/C18H19NO9/c1-18(2)27-15(23)13(16(24)28-18)14(22)11(8-12(20)21)19-17(25)26-9-10-6-4-3-5-7-10/h3-7,11,13H,8-9H2,1-2H3,(H,19,25)(H,20,21)/t11-/m1/s1. The Bertz CT molecular complexity index is 768. The van der Waals surface area contributed by atoms with E-state index in [9.17, 15) is 24.0 Å². The molecule has 0 saturated carbocycles. The van der Waals surface area contributed by atoms with Crippen LogP contribution in [0.4, 0.5) is 4.79 Å². The Morgan fingerprint density at radius 1 is 1.14 bits per heavy atom. The summed E-state index contributed by atoms with van der Waals surface area (Å²) in [7, 11) is 0. The second-order valence-electron chi connectivity index (χ2n) is 6.43. The second-order valence-corrected chi connectivity index (χ2v) is 6.43. The van der Waals surface area contributed by atoms with Gasteiger partial charge < -0.3 is 24.6 Å². The molecule has 2 N–H and O–H groups in total. The summed E-state index contributed by atoms with van der Waals surface area (Å²) in [5.74, 6) is -8.49. The number of esters is 2. The van der Waals surface area contributed by atoms with Gasteiger partial charge in [-0.05, 0) is 5.56 Å². The first-order chi connectivity index (χ1) is 13.1. The fraction of sp³-hybridized carbons (Fsp3) is 0.389. The summed E-state index contributed by atoms with van der Waals surface area (Å²) >= 11 is 0. The zero-order valence-corrected chi connectivity index (χ0v) is 15.2. The molecule has 1 fully saturated rings. The highest BCUT2D eigenvalue weighted by Crippen LogP contribution is 2.24. The quantitative estimate of drug-likeness (QED) is 0.507. The van der Waals surface area contributed by atoms with E-state index < -0.39 is 54.0 Å². The van der Waals surface area contributed by atoms with Gasteiger partial charge in [0.1, 0.15) is 12.6 Å². The van der Waals surface area contributed by atoms with E-state index in [1.165, 1.54) is 13.8 Å². The molecule has 1 amide bonds. The van der Waals surface area contributed by atoms with Crippen molar-refractivity contribution in [3.63, 3.8) is 0 Å². The van der Waals surface area contributed by atoms with E-state index in [0.717, 1.165) is 0 Å². The number of hydrogen-bond acceptors (Lipinski definition) is 8. The molecule has 1 heterocycles. The summed E-state index contributed by atoms with van der Waals surface area (Å²) in [5, 5.41) is 11.1. The van der Waals surface area contributed by atoms with Gasteiger partial charge in [-0.15, -0.1) is 0 Å². The van der Waals surface area contributed by atoms with E-state index in [1.54, 1.807) is 30.3 Å². The van der Waals surface area contributed by atoms with Crippen molar-refractivity contribution < 1.29 is 43.3 Å². The normalized spacial score (nSPS) is 17.1. The van der Waals surface area contributed by atoms with Crippen LogP contribution in [-0.4, -0.2) is 46.7 Å². The summed E-state index contributed by atoms with van der Waals surface area (Å²) in [6.07, 6.45) is -1.94. The molecule has 0 radical (unpaired) electrons. The number of carbonyl (C=O) groups is 5. The lowest BCUT2D eigenvalue weighted by Gasteiger charge is -2.33. The smallest absolute Gasteiger partial charge is 0.408 e. The minimum absolute atomic E-state index is 0.123. The van der Waals surface area contributed by atoms with Crippen molar-refractivity contribution in [1.29, 1.82) is 0 Å². The lowest BCUT2D eigenvalue weighted by Crippen LogP contribution is -2.54. The average Bonchev–Trinajstić information content (AvgIpc) is 2.58. The molecular formula is C18H19NO9. The molecular weight excluding hydrogens is 374 g/mol. The maximum absolute atomic E-state index is 12.5. The number of ether oxygens (including phenoxy) is 3. The molecule has 1 aliphatic rings. The van der Waals surface area contributed by atoms with Gasteiger partial charge in [0.2, 0.25) is 5.92 Å². The number of nitrogens with one attached hydrogen (secondary N) is 1. The largest absolute Gasteiger partial charge is 0.481 e. The molecule has 1 aromatic carbocycles. The predicted molar refractivity (Wildman–Crippen MR) is 90.6 cm³/mol. The summed E-state index contributed by atoms with van der Waals surface area (Å²) < 4.78 is 14.6. The van der Waals surface area contributed by atoms with Crippen LogP contribution < -0.4 is 5.32 Å². The van der Waals surface area contributed by atoms with Crippen LogP contribution in [0.2, 0.25) is 0 Å². The Morgan fingerprint density at radius 3 is 2.25 bits per heavy atom. The lowest BCUT2D eigenvalue weighted by molar-refractivity contribution is -0.238. The van der Waals surface area contributed by atoms with Crippen LogP contribution in [0.5, 0.6) is 0 Å². The van der Waals surface area contributed by atoms with Crippen LogP contribution >= 0.6 is 0 Å². The van der Waals surface area contributed by atoms with Gasteiger partial charge in [-0.2, -0.15) is 0 Å². The number of carboxylic acids is 1. The number of benzene rings is 1. The van der Waals surface area contributed by atoms with Crippen molar-refractivity contribution in [2.75, 3.05) is 0 Å². The number of rotatable bonds is 7. The number of hydrogen-bond donors (Lipinski definition) is 2. The minimum atomic E-state index is -1.99. The van der Waals surface area contributed by atoms with Crippen LogP contribution in [0.1, 0.15) is 25.8 Å². The zero-order valence-electron chi connectivity index (χ0n) is 15.2. The van der Waals surface area contributed by atoms with Crippen LogP contribution in [0, 0.1) is 5.92 Å². The van der Waals surface area contributed by atoms with Gasteiger partial charge >= 0.3 is 24.0 Å². The molecule has 1 atom stereocenters. The molecule has 0 aliphatic carbocycles. The van der Waals surface area contributed by atoms with Crippen molar-refractivity contribution in [3.8, 4) is 0 Å². The summed E-state index contributed by atoms with van der Waals surface area (Å²) in [6.45, 7) is 2.48. The maximum atomic E-state index is 12.5. The second kappa shape index (κ2) is 8.51. The minimum Gasteiger partial charge on any atom is -0.481 e. The predicted octanol–water partition coefficient (Wildman–Crippen LogP) is 0.777. The highest BCUT2D eigenvalue weighted by Gasteiger charge is 2.49. The van der Waals surface area contributed by atoms with E-state index in [2.05, 4.69) is 5.32 Å². The van der Waals surface area contributed by atoms with Gasteiger partial charge in [-0.3, -0.25) is 19.2 Å². The average molecular weight is 393 g/mol. The van der Waals surface area contributed by atoms with Gasteiger partial charge in [0.05, 0.1) is 6.42 Å². The van der Waals surface area contributed by atoms with Gasteiger partial charge in [0.15, 0.2) is 5.78 Å². The molecule has 2 rings (SSSR count). The molecule has 150 valence electrons. The Morgan fingerprint density at radius 2 is 1.71 bits per heavy atom. The number of amides is 1. The van der Waals surface area contributed by atoms with E-state index in [1.807, 2.05) is 0 Å². The fourth-order valence-corrected chi connectivity index (χ4v) is 2.46. The number of carbonyl (C=O) groups excluding carboxylic acids is 4. The summed E-state index contributed by atoms with van der Waals surface area (Å²) in [4.78, 5) is 59.6. The fourth-order valence-electron chi connectivity index (χ4n) is 2.46. The molecule has 10 heteroatoms. The molecule has 10 nitrogen and oxygen atoms in total. The highest BCUT2D eigenvalue weighted by atomic mass is 16.7. The molecule has 0 unspecified atom stereocenters. The van der Waals surface area contributed by atoms with Gasteiger partial charge in [-0.1, -0.05) is 30.3 Å². The Labute approximate surface area is 159 Å². The van der Waals surface area contributed by atoms with Crippen LogP contribution in [0.25, 0.3) is 0 Å². The first-order valence-corrected chi connectivity index (χ1v) is 8.27. The monoisotopic (exact) mass is 393 g/mol. The third kappa shape index (κ3) is 5.53. The van der Waals surface area contributed by atoms with Crippen molar-refractivity contribution in [2.24, 2.45) is 5.92 Å². The maximum Gasteiger partial charge on any atom is 0.408 e. The Balaban J connectivity index is 2.06. The van der Waals surface area contributed by atoms with E-state index >= 15 is 0 Å². The summed E-state index contributed by atoms with van der Waals surface area (Å²) in [6, 6.07) is 6.94. The highest BCUT2D eigenvalue weighted by molar-refractivity contribution is 6.18. The van der Waals surface area contributed by atoms with Crippen molar-refractivity contribution >= 4 is 29.8 Å². The third-order valence-corrected chi connectivity index (χ3v) is 3.68. The number of Topliss-reactive ketones (excluding diaryl/α,β-unsaturated/α-hetero) is 1. The third-order valence-electron chi connectivity index (χ3n) is 3.68. The van der Waals surface area contributed by atoms with E-state index in [-0.39, 0.29) is 6.61 Å². The number of aliphatic carboxylic acids is 1. The molecule has 1 saturated heterocycles. The number of cyclic esters (lactones) is 2. The van der Waals surface area contributed by atoms with Crippen molar-refractivity contribution in [1.82, 2.24) is 5.32 Å². The molecule has 28 heavy (non-hydrogen) atoms. The number of carboxylic acid groups (broad SMARTS) is 1. The molecule has 1 aromatic rings. The van der Waals surface area contributed by atoms with Gasteiger partial charge in [-0.25, -0.2) is 4.79 Å². The van der Waals surface area contributed by atoms with Crippen LogP contribution in [0.3, 0.4) is 0 Å². The van der Waals surface area contributed by atoms with Gasteiger partial charge in [0.25, 0.3) is 5.79 Å². The SMILES string of the molecule is CC1(C)OC(=O)C(C(=O)[C@@H](CC(=O)O)NC(=O)OCc2ccccc2)C(=O)O1. The van der Waals surface area contributed by atoms with Crippen molar-refractivity contribution in [2.45, 2.75) is 38.7 Å². The molecule has 0 bridgehead atoms. The Kier molecular flexibility index (Phi) is 6.34. The molecule has 0 spiro atoms. The summed E-state index contributed by atoms with van der Waals surface area (Å²) in [5.41, 5.74) is 0.667. The molecule has 1 aliphatic heterocycles. The first-order valence-electron chi connectivity index (χ1n) is 8.27. The number of alkyl carbamates (subject to hydrolysis) is 1. The Hall–Kier alpha value is -3.43. The molecule has 0 aromatic heterocycles.